The smallest absolute Gasteiger partial charge is 0.209 e. The topological polar surface area (TPSA) is 73.3 Å². The van der Waals surface area contributed by atoms with E-state index in [1.807, 2.05) is 62.4 Å². The summed E-state index contributed by atoms with van der Waals surface area (Å²) in [6.45, 7) is 4.02. The van der Waals surface area contributed by atoms with E-state index in [2.05, 4.69) is 10.1 Å². The molecule has 3 aromatic rings. The van der Waals surface area contributed by atoms with E-state index in [0.29, 0.717) is 5.71 Å². The number of benzene rings is 2. The van der Waals surface area contributed by atoms with Gasteiger partial charge in [-0.05, 0) is 56.0 Å². The number of hydrogen-bond acceptors (Lipinski definition) is 4. The molecular formula is C21H20N4O. The summed E-state index contributed by atoms with van der Waals surface area (Å²) in [4.78, 5) is 16.9. The molecule has 0 unspecified atom stereocenters. The molecular weight excluding hydrogens is 324 g/mol. The standard InChI is InChI=1S/C21H20N4O/c1-15-6-8-17(9-7-15)23-19(10-12-22)21-20(26)11-13-25(24-21)18-5-3-4-16(2)14-18/h3-14H,22H2,1-2H3. The van der Waals surface area contributed by atoms with Crippen molar-refractivity contribution in [2.24, 2.45) is 10.7 Å². The predicted molar refractivity (Wildman–Crippen MR) is 105 cm³/mol. The molecule has 3 rings (SSSR count). The largest absolute Gasteiger partial charge is 0.405 e. The lowest BCUT2D eigenvalue weighted by atomic mass is 10.2. The highest BCUT2D eigenvalue weighted by atomic mass is 16.1. The molecule has 5 nitrogen and oxygen atoms in total. The molecule has 130 valence electrons. The first-order valence-electron chi connectivity index (χ1n) is 8.28. The summed E-state index contributed by atoms with van der Waals surface area (Å²) in [5, 5.41) is 4.48. The molecule has 0 fully saturated rings. The molecule has 0 bridgehead atoms. The number of aliphatic imine (C=N–C) groups is 1. The highest BCUT2D eigenvalue weighted by molar-refractivity contribution is 6.08. The van der Waals surface area contributed by atoms with Gasteiger partial charge >= 0.3 is 0 Å². The van der Waals surface area contributed by atoms with Crippen molar-refractivity contribution in [1.29, 1.82) is 0 Å². The van der Waals surface area contributed by atoms with Crippen LogP contribution in [0.1, 0.15) is 16.8 Å². The van der Waals surface area contributed by atoms with Crippen molar-refractivity contribution in [3.05, 3.63) is 100 Å². The number of allylic oxidation sites excluding steroid dienone is 1. The monoisotopic (exact) mass is 344 g/mol. The molecule has 0 spiro atoms. The van der Waals surface area contributed by atoms with Crippen molar-refractivity contribution < 1.29 is 0 Å². The Hall–Kier alpha value is -3.47. The van der Waals surface area contributed by atoms with Gasteiger partial charge in [0.2, 0.25) is 5.43 Å². The van der Waals surface area contributed by atoms with Crippen molar-refractivity contribution in [2.75, 3.05) is 0 Å². The molecule has 0 aliphatic carbocycles. The zero-order valence-corrected chi connectivity index (χ0v) is 14.8. The van der Waals surface area contributed by atoms with E-state index < -0.39 is 0 Å². The third kappa shape index (κ3) is 3.95. The average molecular weight is 344 g/mol. The van der Waals surface area contributed by atoms with E-state index in [1.165, 1.54) is 12.3 Å². The third-order valence-corrected chi connectivity index (χ3v) is 3.85. The normalized spacial score (nSPS) is 11.8. The van der Waals surface area contributed by atoms with E-state index in [9.17, 15) is 4.79 Å². The number of nitrogens with two attached hydrogens (primary N) is 1. The maximum atomic E-state index is 12.4. The number of aromatic nitrogens is 2. The van der Waals surface area contributed by atoms with Crippen LogP contribution in [0.15, 0.2) is 82.9 Å². The lowest BCUT2D eigenvalue weighted by Gasteiger charge is -2.08. The van der Waals surface area contributed by atoms with Crippen LogP contribution in [0, 0.1) is 13.8 Å². The van der Waals surface area contributed by atoms with Gasteiger partial charge in [0.05, 0.1) is 17.1 Å². The zero-order chi connectivity index (χ0) is 18.5. The van der Waals surface area contributed by atoms with Gasteiger partial charge in [-0.25, -0.2) is 9.67 Å². The third-order valence-electron chi connectivity index (χ3n) is 3.85. The SMILES string of the molecule is Cc1ccc(N=C(C=CN)c2nn(-c3cccc(C)c3)ccc2=O)cc1. The van der Waals surface area contributed by atoms with Gasteiger partial charge < -0.3 is 5.73 Å². The Labute approximate surface area is 152 Å². The molecule has 0 atom stereocenters. The summed E-state index contributed by atoms with van der Waals surface area (Å²) in [6, 6.07) is 17.1. The summed E-state index contributed by atoms with van der Waals surface area (Å²) in [7, 11) is 0. The highest BCUT2D eigenvalue weighted by Gasteiger charge is 2.10. The first kappa shape index (κ1) is 17.4. The van der Waals surface area contributed by atoms with Crippen LogP contribution in [0.5, 0.6) is 0 Å². The van der Waals surface area contributed by atoms with Gasteiger partial charge in [0.15, 0.2) is 5.69 Å². The minimum Gasteiger partial charge on any atom is -0.405 e. The molecule has 1 aromatic heterocycles. The Morgan fingerprint density at radius 3 is 2.54 bits per heavy atom. The van der Waals surface area contributed by atoms with Gasteiger partial charge in [0.1, 0.15) is 0 Å². The Morgan fingerprint density at radius 1 is 1.08 bits per heavy atom. The molecule has 0 saturated carbocycles. The summed E-state index contributed by atoms with van der Waals surface area (Å²) in [5.41, 5.74) is 9.88. The van der Waals surface area contributed by atoms with Gasteiger partial charge in [-0.1, -0.05) is 29.8 Å². The lowest BCUT2D eigenvalue weighted by Crippen LogP contribution is -2.20. The molecule has 26 heavy (non-hydrogen) atoms. The number of hydrogen-bond donors (Lipinski definition) is 1. The summed E-state index contributed by atoms with van der Waals surface area (Å²) in [5.74, 6) is 0. The lowest BCUT2D eigenvalue weighted by molar-refractivity contribution is 0.828. The minimum atomic E-state index is -0.210. The first-order chi connectivity index (χ1) is 12.6. The van der Waals surface area contributed by atoms with E-state index in [1.54, 1.807) is 17.0 Å². The molecule has 0 aliphatic rings. The van der Waals surface area contributed by atoms with Crippen LogP contribution < -0.4 is 11.2 Å². The van der Waals surface area contributed by atoms with Crippen molar-refractivity contribution in [2.45, 2.75) is 13.8 Å². The Kier molecular flexibility index (Phi) is 5.08. The number of nitrogens with zero attached hydrogens (tertiary/aromatic N) is 3. The maximum Gasteiger partial charge on any atom is 0.209 e. The Bertz CT molecular complexity index is 1030. The predicted octanol–water partition coefficient (Wildman–Crippen LogP) is 3.44. The van der Waals surface area contributed by atoms with E-state index in [4.69, 9.17) is 5.73 Å². The van der Waals surface area contributed by atoms with E-state index in [0.717, 1.165) is 22.5 Å². The maximum absolute atomic E-state index is 12.4. The summed E-state index contributed by atoms with van der Waals surface area (Å²) >= 11 is 0. The van der Waals surface area contributed by atoms with Crippen molar-refractivity contribution in [1.82, 2.24) is 9.78 Å². The van der Waals surface area contributed by atoms with Gasteiger partial charge in [-0.2, -0.15) is 5.10 Å². The number of rotatable bonds is 4. The first-order valence-corrected chi connectivity index (χ1v) is 8.28. The van der Waals surface area contributed by atoms with Gasteiger partial charge in [-0.15, -0.1) is 0 Å². The van der Waals surface area contributed by atoms with E-state index in [-0.39, 0.29) is 11.1 Å². The van der Waals surface area contributed by atoms with Crippen LogP contribution >= 0.6 is 0 Å². The molecule has 0 radical (unpaired) electrons. The second-order valence-electron chi connectivity index (χ2n) is 6.00. The quantitative estimate of drug-likeness (QED) is 0.737. The van der Waals surface area contributed by atoms with Crippen LogP contribution in [-0.4, -0.2) is 15.5 Å². The van der Waals surface area contributed by atoms with Crippen molar-refractivity contribution in [3.63, 3.8) is 0 Å². The minimum absolute atomic E-state index is 0.210. The van der Waals surface area contributed by atoms with Gasteiger partial charge in [-0.3, -0.25) is 4.79 Å². The average Bonchev–Trinajstić information content (AvgIpc) is 2.63. The van der Waals surface area contributed by atoms with Gasteiger partial charge in [0, 0.05) is 12.3 Å². The van der Waals surface area contributed by atoms with Crippen LogP contribution in [0.25, 0.3) is 5.69 Å². The molecule has 2 aromatic carbocycles. The van der Waals surface area contributed by atoms with E-state index >= 15 is 0 Å². The fraction of sp³-hybridized carbons (Fsp3) is 0.0952. The van der Waals surface area contributed by atoms with Gasteiger partial charge in [0.25, 0.3) is 0 Å². The van der Waals surface area contributed by atoms with Crippen molar-refractivity contribution >= 4 is 11.4 Å². The molecule has 0 aliphatic heterocycles. The molecule has 5 heteroatoms. The van der Waals surface area contributed by atoms with Crippen LogP contribution in [-0.2, 0) is 0 Å². The fourth-order valence-electron chi connectivity index (χ4n) is 2.52. The molecule has 0 saturated heterocycles. The van der Waals surface area contributed by atoms with Crippen LogP contribution in [0.2, 0.25) is 0 Å². The van der Waals surface area contributed by atoms with Crippen molar-refractivity contribution in [3.8, 4) is 5.69 Å². The second-order valence-corrected chi connectivity index (χ2v) is 6.00. The zero-order valence-electron chi connectivity index (χ0n) is 14.8. The molecule has 0 amide bonds. The highest BCUT2D eigenvalue weighted by Crippen LogP contribution is 2.15. The van der Waals surface area contributed by atoms with Crippen LogP contribution in [0.4, 0.5) is 5.69 Å². The Balaban J connectivity index is 2.11. The molecule has 2 N–H and O–H groups in total. The Morgan fingerprint density at radius 2 is 1.85 bits per heavy atom. The fourth-order valence-corrected chi connectivity index (χ4v) is 2.52. The number of aryl methyl sites for hydroxylation is 2. The summed E-state index contributed by atoms with van der Waals surface area (Å²) < 4.78 is 1.67. The second kappa shape index (κ2) is 7.61. The van der Waals surface area contributed by atoms with Crippen LogP contribution in [0.3, 0.4) is 0 Å². The molecule has 1 heterocycles. The summed E-state index contributed by atoms with van der Waals surface area (Å²) in [6.07, 6.45) is 4.60.